The molecular weight excluding hydrogens is 214 g/mol. The van der Waals surface area contributed by atoms with Crippen LogP contribution in [0.15, 0.2) is 31.2 Å². The summed E-state index contributed by atoms with van der Waals surface area (Å²) in [7, 11) is 0. The van der Waals surface area contributed by atoms with E-state index in [0.29, 0.717) is 6.04 Å². The molecule has 0 spiro atoms. The van der Waals surface area contributed by atoms with Crippen LogP contribution in [0.3, 0.4) is 0 Å². The Labute approximate surface area is 102 Å². The van der Waals surface area contributed by atoms with Gasteiger partial charge in [0.05, 0.1) is 18.3 Å². The van der Waals surface area contributed by atoms with Gasteiger partial charge in [-0.15, -0.1) is 0 Å². The zero-order chi connectivity index (χ0) is 12.1. The highest BCUT2D eigenvalue weighted by Crippen LogP contribution is 2.08. The van der Waals surface area contributed by atoms with Gasteiger partial charge in [-0.1, -0.05) is 0 Å². The SMILES string of the molecule is CC(C)n1cncc1CNCCn1ccnc1. The molecule has 0 saturated heterocycles. The van der Waals surface area contributed by atoms with Crippen LogP contribution in [0, 0.1) is 0 Å². The molecule has 0 radical (unpaired) electrons. The summed E-state index contributed by atoms with van der Waals surface area (Å²) < 4.78 is 4.25. The van der Waals surface area contributed by atoms with Crippen molar-refractivity contribution >= 4 is 0 Å². The summed E-state index contributed by atoms with van der Waals surface area (Å²) >= 11 is 0. The first kappa shape index (κ1) is 11.9. The van der Waals surface area contributed by atoms with Gasteiger partial charge in [-0.3, -0.25) is 0 Å². The van der Waals surface area contributed by atoms with Gasteiger partial charge in [-0.25, -0.2) is 9.97 Å². The van der Waals surface area contributed by atoms with Crippen LogP contribution in [-0.4, -0.2) is 25.6 Å². The maximum Gasteiger partial charge on any atom is 0.0951 e. The van der Waals surface area contributed by atoms with Crippen molar-refractivity contribution < 1.29 is 0 Å². The van der Waals surface area contributed by atoms with Crippen molar-refractivity contribution in [3.05, 3.63) is 36.9 Å². The third kappa shape index (κ3) is 3.17. The van der Waals surface area contributed by atoms with E-state index in [-0.39, 0.29) is 0 Å². The molecule has 2 aromatic heterocycles. The predicted molar refractivity (Wildman–Crippen MR) is 66.5 cm³/mol. The molecule has 0 saturated carbocycles. The van der Waals surface area contributed by atoms with E-state index in [1.54, 1.807) is 6.20 Å². The Kier molecular flexibility index (Phi) is 3.93. The van der Waals surface area contributed by atoms with Crippen molar-refractivity contribution in [3.63, 3.8) is 0 Å². The molecule has 0 aromatic carbocycles. The fourth-order valence-corrected chi connectivity index (χ4v) is 1.78. The second kappa shape index (κ2) is 5.63. The van der Waals surface area contributed by atoms with Crippen LogP contribution < -0.4 is 5.32 Å². The zero-order valence-corrected chi connectivity index (χ0v) is 10.4. The van der Waals surface area contributed by atoms with E-state index in [0.717, 1.165) is 19.6 Å². The van der Waals surface area contributed by atoms with Crippen molar-refractivity contribution in [1.82, 2.24) is 24.4 Å². The van der Waals surface area contributed by atoms with Gasteiger partial charge in [-0.2, -0.15) is 0 Å². The van der Waals surface area contributed by atoms with E-state index in [4.69, 9.17) is 0 Å². The standard InChI is InChI=1S/C12H19N5/c1-11(2)17-10-15-8-12(17)7-13-3-5-16-6-4-14-9-16/h4,6,8-11,13H,3,5,7H2,1-2H3. The molecule has 5 heteroatoms. The Hall–Kier alpha value is -1.62. The molecule has 0 aliphatic heterocycles. The normalized spacial score (nSPS) is 11.2. The molecule has 0 bridgehead atoms. The van der Waals surface area contributed by atoms with Gasteiger partial charge >= 0.3 is 0 Å². The summed E-state index contributed by atoms with van der Waals surface area (Å²) in [5, 5.41) is 3.41. The van der Waals surface area contributed by atoms with Crippen molar-refractivity contribution in [3.8, 4) is 0 Å². The van der Waals surface area contributed by atoms with Gasteiger partial charge in [0.2, 0.25) is 0 Å². The highest BCUT2D eigenvalue weighted by Gasteiger charge is 2.04. The smallest absolute Gasteiger partial charge is 0.0951 e. The fourth-order valence-electron chi connectivity index (χ4n) is 1.78. The average Bonchev–Trinajstić information content (AvgIpc) is 2.95. The second-order valence-corrected chi connectivity index (χ2v) is 4.36. The van der Waals surface area contributed by atoms with Gasteiger partial charge in [-0.05, 0) is 13.8 Å². The Morgan fingerprint density at radius 1 is 1.29 bits per heavy atom. The minimum Gasteiger partial charge on any atom is -0.336 e. The summed E-state index contributed by atoms with van der Waals surface area (Å²) in [5.41, 5.74) is 1.23. The molecular formula is C12H19N5. The van der Waals surface area contributed by atoms with Crippen molar-refractivity contribution in [1.29, 1.82) is 0 Å². The van der Waals surface area contributed by atoms with Crippen LogP contribution in [0.2, 0.25) is 0 Å². The summed E-state index contributed by atoms with van der Waals surface area (Å²) in [6, 6.07) is 0.461. The summed E-state index contributed by atoms with van der Waals surface area (Å²) in [5.74, 6) is 0. The summed E-state index contributed by atoms with van der Waals surface area (Å²) in [6.07, 6.45) is 9.41. The van der Waals surface area contributed by atoms with E-state index in [9.17, 15) is 0 Å². The van der Waals surface area contributed by atoms with Crippen LogP contribution in [0.5, 0.6) is 0 Å². The van der Waals surface area contributed by atoms with Crippen LogP contribution in [0.1, 0.15) is 25.6 Å². The number of hydrogen-bond acceptors (Lipinski definition) is 3. The molecule has 5 nitrogen and oxygen atoms in total. The zero-order valence-electron chi connectivity index (χ0n) is 10.4. The molecule has 0 atom stereocenters. The van der Waals surface area contributed by atoms with E-state index < -0.39 is 0 Å². The predicted octanol–water partition coefficient (Wildman–Crippen LogP) is 1.45. The van der Waals surface area contributed by atoms with Crippen molar-refractivity contribution in [2.45, 2.75) is 33.0 Å². The van der Waals surface area contributed by atoms with E-state index in [1.165, 1.54) is 5.69 Å². The lowest BCUT2D eigenvalue weighted by molar-refractivity contribution is 0.536. The maximum atomic E-state index is 4.18. The number of rotatable bonds is 6. The van der Waals surface area contributed by atoms with Gasteiger partial charge in [0.1, 0.15) is 0 Å². The van der Waals surface area contributed by atoms with Gasteiger partial charge in [0.15, 0.2) is 0 Å². The Morgan fingerprint density at radius 2 is 2.18 bits per heavy atom. The fraction of sp³-hybridized carbons (Fsp3) is 0.500. The maximum absolute atomic E-state index is 4.18. The van der Waals surface area contributed by atoms with Crippen LogP contribution in [0.25, 0.3) is 0 Å². The van der Waals surface area contributed by atoms with Crippen LogP contribution in [0.4, 0.5) is 0 Å². The van der Waals surface area contributed by atoms with Crippen molar-refractivity contribution in [2.75, 3.05) is 6.54 Å². The third-order valence-corrected chi connectivity index (χ3v) is 2.71. The summed E-state index contributed by atoms with van der Waals surface area (Å²) in [4.78, 5) is 8.19. The van der Waals surface area contributed by atoms with E-state index in [2.05, 4.69) is 38.3 Å². The lowest BCUT2D eigenvalue weighted by Crippen LogP contribution is -2.21. The van der Waals surface area contributed by atoms with Gasteiger partial charge < -0.3 is 14.5 Å². The Bertz CT molecular complexity index is 429. The summed E-state index contributed by atoms with van der Waals surface area (Å²) in [6.45, 7) is 7.05. The quantitative estimate of drug-likeness (QED) is 0.768. The topological polar surface area (TPSA) is 47.7 Å². The molecule has 0 unspecified atom stereocenters. The lowest BCUT2D eigenvalue weighted by atomic mass is 10.3. The molecule has 92 valence electrons. The highest BCUT2D eigenvalue weighted by molar-refractivity contribution is 4.99. The third-order valence-electron chi connectivity index (χ3n) is 2.71. The Balaban J connectivity index is 1.76. The molecule has 0 amide bonds. The molecule has 0 fully saturated rings. The second-order valence-electron chi connectivity index (χ2n) is 4.36. The minimum absolute atomic E-state index is 0.461. The van der Waals surface area contributed by atoms with Crippen LogP contribution in [-0.2, 0) is 13.1 Å². The first-order chi connectivity index (χ1) is 8.27. The first-order valence-corrected chi connectivity index (χ1v) is 5.94. The lowest BCUT2D eigenvalue weighted by Gasteiger charge is -2.12. The number of nitrogens with zero attached hydrogens (tertiary/aromatic N) is 4. The Morgan fingerprint density at radius 3 is 2.88 bits per heavy atom. The van der Waals surface area contributed by atoms with E-state index >= 15 is 0 Å². The molecule has 17 heavy (non-hydrogen) atoms. The molecule has 2 rings (SSSR count). The molecule has 1 N–H and O–H groups in total. The monoisotopic (exact) mass is 233 g/mol. The number of hydrogen-bond donors (Lipinski definition) is 1. The van der Waals surface area contributed by atoms with Gasteiger partial charge in [0.25, 0.3) is 0 Å². The molecule has 2 aromatic rings. The first-order valence-electron chi connectivity index (χ1n) is 5.94. The van der Waals surface area contributed by atoms with Gasteiger partial charge in [0, 0.05) is 44.3 Å². The van der Waals surface area contributed by atoms with E-state index in [1.807, 2.05) is 25.0 Å². The number of aromatic nitrogens is 4. The number of nitrogens with one attached hydrogen (secondary N) is 1. The molecule has 2 heterocycles. The minimum atomic E-state index is 0.461. The van der Waals surface area contributed by atoms with Crippen LogP contribution >= 0.6 is 0 Å². The largest absolute Gasteiger partial charge is 0.336 e. The highest BCUT2D eigenvalue weighted by atomic mass is 15.1. The van der Waals surface area contributed by atoms with Crippen molar-refractivity contribution in [2.24, 2.45) is 0 Å². The average molecular weight is 233 g/mol. The molecule has 0 aliphatic carbocycles. The number of imidazole rings is 2. The molecule has 0 aliphatic rings.